The minimum atomic E-state index is -3.16. The molecule has 0 N–H and O–H groups in total. The molecule has 0 spiro atoms. The van der Waals surface area contributed by atoms with Crippen molar-refractivity contribution < 1.29 is 13.2 Å². The summed E-state index contributed by atoms with van der Waals surface area (Å²) >= 11 is 0. The van der Waals surface area contributed by atoms with Crippen LogP contribution >= 0.6 is 17.0 Å². The van der Waals surface area contributed by atoms with E-state index in [4.69, 9.17) is 0 Å². The molecule has 0 fully saturated rings. The van der Waals surface area contributed by atoms with Crippen molar-refractivity contribution in [2.75, 3.05) is 6.26 Å². The zero-order chi connectivity index (χ0) is 10.1. The largest absolute Gasteiger partial charge is 0.295 e. The zero-order valence-corrected chi connectivity index (χ0v) is 10.4. The van der Waals surface area contributed by atoms with Crippen LogP contribution in [0.25, 0.3) is 0 Å². The maximum atomic E-state index is 11.0. The van der Waals surface area contributed by atoms with Gasteiger partial charge in [0.05, 0.1) is 4.90 Å². The lowest BCUT2D eigenvalue weighted by atomic mass is 10.2. The summed E-state index contributed by atoms with van der Waals surface area (Å²) in [5.41, 5.74) is 0.521. The molecule has 1 aromatic rings. The van der Waals surface area contributed by atoms with Crippen LogP contribution in [0.5, 0.6) is 0 Å². The Hall–Kier alpha value is -0.680. The molecule has 0 heterocycles. The molecular formula is C9H11BrO3S. The Kier molecular flexibility index (Phi) is 4.48. The second-order valence-electron chi connectivity index (χ2n) is 2.85. The number of Topliss-reactive ketones (excluding diaryl/α,β-unsaturated/α-hetero) is 1. The van der Waals surface area contributed by atoms with Gasteiger partial charge in [-0.1, -0.05) is 12.1 Å². The minimum Gasteiger partial charge on any atom is -0.295 e. The van der Waals surface area contributed by atoms with Gasteiger partial charge in [-0.25, -0.2) is 8.42 Å². The summed E-state index contributed by atoms with van der Waals surface area (Å²) in [6, 6.07) is 5.90. The fourth-order valence-electron chi connectivity index (χ4n) is 0.937. The monoisotopic (exact) mass is 278 g/mol. The number of carbonyl (C=O) groups excluding carboxylic acids is 1. The summed E-state index contributed by atoms with van der Waals surface area (Å²) in [5, 5.41) is 0. The number of carbonyl (C=O) groups is 1. The van der Waals surface area contributed by atoms with Gasteiger partial charge in [-0.3, -0.25) is 4.79 Å². The van der Waals surface area contributed by atoms with Gasteiger partial charge in [-0.15, -0.1) is 17.0 Å². The van der Waals surface area contributed by atoms with Gasteiger partial charge in [0.15, 0.2) is 15.6 Å². The van der Waals surface area contributed by atoms with Gasteiger partial charge >= 0.3 is 0 Å². The van der Waals surface area contributed by atoms with Crippen molar-refractivity contribution in [2.24, 2.45) is 0 Å². The van der Waals surface area contributed by atoms with Crippen LogP contribution in [0.15, 0.2) is 29.2 Å². The lowest BCUT2D eigenvalue weighted by Gasteiger charge is -1.98. The molecule has 0 bridgehead atoms. The Bertz CT molecular complexity index is 420. The number of benzene rings is 1. The smallest absolute Gasteiger partial charge is 0.175 e. The Morgan fingerprint density at radius 3 is 1.86 bits per heavy atom. The summed E-state index contributed by atoms with van der Waals surface area (Å²) in [5.74, 6) is -0.0694. The van der Waals surface area contributed by atoms with Crippen LogP contribution in [0.1, 0.15) is 17.3 Å². The van der Waals surface area contributed by atoms with E-state index in [0.29, 0.717) is 5.56 Å². The lowest BCUT2D eigenvalue weighted by molar-refractivity contribution is 0.101. The van der Waals surface area contributed by atoms with E-state index in [-0.39, 0.29) is 27.7 Å². The van der Waals surface area contributed by atoms with Crippen molar-refractivity contribution in [3.63, 3.8) is 0 Å². The van der Waals surface area contributed by atoms with Gasteiger partial charge in [0.25, 0.3) is 0 Å². The van der Waals surface area contributed by atoms with E-state index >= 15 is 0 Å². The number of ketones is 1. The topological polar surface area (TPSA) is 51.2 Å². The first-order valence-electron chi connectivity index (χ1n) is 3.72. The fourth-order valence-corrected chi connectivity index (χ4v) is 1.57. The molecule has 0 unspecified atom stereocenters. The van der Waals surface area contributed by atoms with Crippen molar-refractivity contribution in [2.45, 2.75) is 11.8 Å². The number of hydrogen-bond donors (Lipinski definition) is 0. The molecule has 0 aliphatic heterocycles. The molecule has 0 aliphatic carbocycles. The van der Waals surface area contributed by atoms with Crippen molar-refractivity contribution in [3.05, 3.63) is 29.8 Å². The summed E-state index contributed by atoms with van der Waals surface area (Å²) in [6.45, 7) is 1.44. The Labute approximate surface area is 93.8 Å². The van der Waals surface area contributed by atoms with Crippen LogP contribution in [0.4, 0.5) is 0 Å². The first kappa shape index (κ1) is 13.3. The number of sulfone groups is 1. The summed E-state index contributed by atoms with van der Waals surface area (Å²) in [7, 11) is -3.16. The summed E-state index contributed by atoms with van der Waals surface area (Å²) < 4.78 is 22.1. The summed E-state index contributed by atoms with van der Waals surface area (Å²) in [4.78, 5) is 11.1. The molecule has 78 valence electrons. The molecule has 14 heavy (non-hydrogen) atoms. The highest BCUT2D eigenvalue weighted by Gasteiger charge is 2.06. The molecule has 0 saturated heterocycles. The molecule has 0 atom stereocenters. The summed E-state index contributed by atoms with van der Waals surface area (Å²) in [6.07, 6.45) is 1.13. The molecule has 3 nitrogen and oxygen atoms in total. The number of rotatable bonds is 2. The van der Waals surface area contributed by atoms with Gasteiger partial charge in [-0.2, -0.15) is 0 Å². The van der Waals surface area contributed by atoms with Gasteiger partial charge in [0, 0.05) is 11.8 Å². The molecule has 1 rings (SSSR count). The first-order chi connectivity index (χ1) is 5.91. The van der Waals surface area contributed by atoms with Crippen LogP contribution in [0.3, 0.4) is 0 Å². The van der Waals surface area contributed by atoms with Gasteiger partial charge in [0.2, 0.25) is 0 Å². The third-order valence-corrected chi connectivity index (χ3v) is 2.82. The van der Waals surface area contributed by atoms with E-state index in [1.807, 2.05) is 0 Å². The molecule has 1 aromatic carbocycles. The van der Waals surface area contributed by atoms with Gasteiger partial charge in [0.1, 0.15) is 0 Å². The molecular weight excluding hydrogens is 268 g/mol. The van der Waals surface area contributed by atoms with Crippen molar-refractivity contribution in [1.82, 2.24) is 0 Å². The van der Waals surface area contributed by atoms with Crippen molar-refractivity contribution in [3.8, 4) is 0 Å². The van der Waals surface area contributed by atoms with E-state index in [1.165, 1.54) is 31.2 Å². The third kappa shape index (κ3) is 3.23. The lowest BCUT2D eigenvalue weighted by Crippen LogP contribution is -1.98. The van der Waals surface area contributed by atoms with Crippen LogP contribution in [-0.4, -0.2) is 20.5 Å². The third-order valence-electron chi connectivity index (χ3n) is 1.69. The first-order valence-corrected chi connectivity index (χ1v) is 5.61. The van der Waals surface area contributed by atoms with Gasteiger partial charge < -0.3 is 0 Å². The quantitative estimate of drug-likeness (QED) is 0.776. The van der Waals surface area contributed by atoms with Crippen LogP contribution in [0.2, 0.25) is 0 Å². The Morgan fingerprint density at radius 2 is 1.57 bits per heavy atom. The van der Waals surface area contributed by atoms with Gasteiger partial charge in [-0.05, 0) is 19.1 Å². The molecule has 0 aliphatic rings. The maximum absolute atomic E-state index is 11.0. The minimum absolute atomic E-state index is 0. The predicted octanol–water partition coefficient (Wildman–Crippen LogP) is 1.87. The fraction of sp³-hybridized carbons (Fsp3) is 0.222. The van der Waals surface area contributed by atoms with Crippen LogP contribution in [0, 0.1) is 0 Å². The molecule has 5 heteroatoms. The Balaban J connectivity index is 0.00000169. The Morgan fingerprint density at radius 1 is 1.14 bits per heavy atom. The zero-order valence-electron chi connectivity index (χ0n) is 7.85. The second kappa shape index (κ2) is 4.70. The van der Waals surface area contributed by atoms with E-state index < -0.39 is 9.84 Å². The van der Waals surface area contributed by atoms with E-state index in [0.717, 1.165) is 6.26 Å². The predicted molar refractivity (Wildman–Crippen MR) is 59.9 cm³/mol. The maximum Gasteiger partial charge on any atom is 0.175 e. The van der Waals surface area contributed by atoms with E-state index in [9.17, 15) is 13.2 Å². The van der Waals surface area contributed by atoms with E-state index in [2.05, 4.69) is 0 Å². The molecule has 0 aromatic heterocycles. The average Bonchev–Trinajstić information content (AvgIpc) is 2.03. The highest BCUT2D eigenvalue weighted by Crippen LogP contribution is 2.10. The number of hydrogen-bond acceptors (Lipinski definition) is 3. The van der Waals surface area contributed by atoms with E-state index in [1.54, 1.807) is 0 Å². The van der Waals surface area contributed by atoms with Crippen molar-refractivity contribution >= 4 is 32.6 Å². The average molecular weight is 279 g/mol. The molecule has 0 saturated carbocycles. The second-order valence-corrected chi connectivity index (χ2v) is 4.87. The number of halogens is 1. The highest BCUT2D eigenvalue weighted by molar-refractivity contribution is 8.93. The molecule has 0 amide bonds. The van der Waals surface area contributed by atoms with Crippen LogP contribution < -0.4 is 0 Å². The highest BCUT2D eigenvalue weighted by atomic mass is 79.9. The SMILES string of the molecule is Br.CC(=O)c1ccc(S(C)(=O)=O)cc1. The molecule has 0 radical (unpaired) electrons. The standard InChI is InChI=1S/C9H10O3S.BrH/c1-7(10)8-3-5-9(6-4-8)13(2,11)12;/h3-6H,1-2H3;1H. The normalized spacial score (nSPS) is 10.4. The van der Waals surface area contributed by atoms with Crippen molar-refractivity contribution in [1.29, 1.82) is 0 Å². The van der Waals surface area contributed by atoms with Crippen LogP contribution in [-0.2, 0) is 9.84 Å².